The minimum Gasteiger partial charge on any atom is -0.490 e. The normalized spacial score (nSPS) is 12.9. The molecule has 1 aliphatic rings. The summed E-state index contributed by atoms with van der Waals surface area (Å²) in [5.74, 6) is -0.311. The molecule has 6 heteroatoms. The first-order chi connectivity index (χ1) is 15.3. The Bertz CT molecular complexity index is 957. The average molecular weight is 460 g/mol. The van der Waals surface area contributed by atoms with Gasteiger partial charge in [-0.1, -0.05) is 44.0 Å². The fraction of sp³-hybridized carbons (Fsp3) is 0.462. The van der Waals surface area contributed by atoms with Crippen LogP contribution in [-0.2, 0) is 24.1 Å². The third-order valence-electron chi connectivity index (χ3n) is 5.64. The van der Waals surface area contributed by atoms with Crippen molar-refractivity contribution < 1.29 is 19.0 Å². The summed E-state index contributed by atoms with van der Waals surface area (Å²) in [6, 6.07) is 9.33. The van der Waals surface area contributed by atoms with Crippen molar-refractivity contribution in [1.82, 2.24) is 0 Å². The number of carboxylic acids is 1. The quantitative estimate of drug-likeness (QED) is 0.470. The van der Waals surface area contributed by atoms with Crippen LogP contribution in [0.1, 0.15) is 73.8 Å². The van der Waals surface area contributed by atoms with Gasteiger partial charge in [-0.15, -0.1) is 0 Å². The number of nitrogens with zero attached hydrogens (tertiary/aromatic N) is 1. The van der Waals surface area contributed by atoms with E-state index in [1.54, 1.807) is 12.1 Å². The molecule has 2 aromatic carbocycles. The van der Waals surface area contributed by atoms with E-state index in [4.69, 9.17) is 26.7 Å². The molecule has 0 bridgehead atoms. The molecule has 0 spiro atoms. The van der Waals surface area contributed by atoms with Gasteiger partial charge in [0.15, 0.2) is 0 Å². The number of hydrogen-bond donors (Lipinski definition) is 1. The Balaban J connectivity index is 0.000000228. The van der Waals surface area contributed by atoms with Crippen molar-refractivity contribution in [2.24, 2.45) is 0 Å². The summed E-state index contributed by atoms with van der Waals surface area (Å²) < 4.78 is 19.9. The second-order valence-corrected chi connectivity index (χ2v) is 8.46. The summed E-state index contributed by atoms with van der Waals surface area (Å²) in [7, 11) is 0. The van der Waals surface area contributed by atoms with Crippen LogP contribution in [0.25, 0.3) is 0 Å². The van der Waals surface area contributed by atoms with Gasteiger partial charge in [-0.25, -0.2) is 4.39 Å². The number of carbonyl (C=O) groups is 1. The lowest BCUT2D eigenvalue weighted by Crippen LogP contribution is -2.24. The highest BCUT2D eigenvalue weighted by molar-refractivity contribution is 6.32. The molecule has 0 saturated heterocycles. The number of carboxylic acid groups (broad SMARTS) is 1. The van der Waals surface area contributed by atoms with Crippen LogP contribution >= 0.6 is 11.6 Å². The van der Waals surface area contributed by atoms with Crippen molar-refractivity contribution in [2.75, 3.05) is 0 Å². The first-order valence-corrected chi connectivity index (χ1v) is 11.6. The van der Waals surface area contributed by atoms with Crippen LogP contribution in [0.15, 0.2) is 24.3 Å². The Morgan fingerprint density at radius 3 is 2.44 bits per heavy atom. The molecule has 0 radical (unpaired) electrons. The number of benzene rings is 2. The van der Waals surface area contributed by atoms with Gasteiger partial charge in [-0.05, 0) is 73.8 Å². The predicted octanol–water partition coefficient (Wildman–Crippen LogP) is 6.81. The number of halogens is 2. The summed E-state index contributed by atoms with van der Waals surface area (Å²) in [6.45, 7) is 5.89. The van der Waals surface area contributed by atoms with Gasteiger partial charge in [-0.3, -0.25) is 4.79 Å². The molecule has 4 nitrogen and oxygen atoms in total. The zero-order valence-corrected chi connectivity index (χ0v) is 19.8. The monoisotopic (exact) mass is 459 g/mol. The SMILES string of the molecule is CCCc1c(CC)ccc(CCC(=O)O)c1F.Cc1cc(OC2CCC2)cc(Cl)c1C#N. The lowest BCUT2D eigenvalue weighted by atomic mass is 9.96. The van der Waals surface area contributed by atoms with E-state index in [1.165, 1.54) is 6.42 Å². The van der Waals surface area contributed by atoms with Crippen molar-refractivity contribution >= 4 is 17.6 Å². The Labute approximate surface area is 195 Å². The number of aryl methyl sites for hydroxylation is 3. The molecular formula is C26H31ClFNO3. The van der Waals surface area contributed by atoms with E-state index in [9.17, 15) is 9.18 Å². The summed E-state index contributed by atoms with van der Waals surface area (Å²) in [6.07, 6.45) is 6.50. The van der Waals surface area contributed by atoms with Gasteiger partial charge in [0.05, 0.1) is 16.7 Å². The standard InChI is InChI=1S/C14H19FO2.C12H12ClNO/c1-3-5-12-10(4-2)6-7-11(14(12)15)8-9-13(16)17;1-8-5-10(15-9-3-2-4-9)6-12(13)11(8)7-14/h6-7H,3-5,8-9H2,1-2H3,(H,16,17);5-6,9H,2-4H2,1H3. The molecule has 0 amide bonds. The molecule has 0 aliphatic heterocycles. The van der Waals surface area contributed by atoms with Crippen molar-refractivity contribution in [3.05, 3.63) is 62.9 Å². The van der Waals surface area contributed by atoms with Crippen LogP contribution < -0.4 is 4.74 Å². The smallest absolute Gasteiger partial charge is 0.303 e. The zero-order valence-electron chi connectivity index (χ0n) is 19.0. The molecule has 1 saturated carbocycles. The van der Waals surface area contributed by atoms with Gasteiger partial charge in [0, 0.05) is 12.5 Å². The third-order valence-corrected chi connectivity index (χ3v) is 5.94. The van der Waals surface area contributed by atoms with E-state index in [-0.39, 0.29) is 18.7 Å². The Kier molecular flexibility index (Phi) is 9.99. The van der Waals surface area contributed by atoms with Crippen molar-refractivity contribution in [1.29, 1.82) is 5.26 Å². The van der Waals surface area contributed by atoms with Gasteiger partial charge in [0.25, 0.3) is 0 Å². The van der Waals surface area contributed by atoms with E-state index in [1.807, 2.05) is 32.9 Å². The van der Waals surface area contributed by atoms with Gasteiger partial charge in [0.2, 0.25) is 0 Å². The molecule has 0 heterocycles. The molecular weight excluding hydrogens is 429 g/mol. The number of nitriles is 1. The summed E-state index contributed by atoms with van der Waals surface area (Å²) >= 11 is 5.98. The van der Waals surface area contributed by atoms with Crippen LogP contribution in [0.3, 0.4) is 0 Å². The molecule has 0 unspecified atom stereocenters. The van der Waals surface area contributed by atoms with E-state index in [2.05, 4.69) is 6.07 Å². The van der Waals surface area contributed by atoms with Crippen molar-refractivity contribution in [3.63, 3.8) is 0 Å². The van der Waals surface area contributed by atoms with E-state index < -0.39 is 5.97 Å². The van der Waals surface area contributed by atoms with Gasteiger partial charge < -0.3 is 9.84 Å². The number of ether oxygens (including phenoxy) is 1. The highest BCUT2D eigenvalue weighted by Gasteiger charge is 2.19. The predicted molar refractivity (Wildman–Crippen MR) is 125 cm³/mol. The van der Waals surface area contributed by atoms with E-state index >= 15 is 0 Å². The van der Waals surface area contributed by atoms with E-state index in [0.717, 1.165) is 54.5 Å². The van der Waals surface area contributed by atoms with Crippen LogP contribution in [-0.4, -0.2) is 17.2 Å². The van der Waals surface area contributed by atoms with Crippen molar-refractivity contribution in [2.45, 2.75) is 78.2 Å². The van der Waals surface area contributed by atoms with Crippen LogP contribution in [0.4, 0.5) is 4.39 Å². The fourth-order valence-electron chi connectivity index (χ4n) is 3.60. The third kappa shape index (κ3) is 6.97. The lowest BCUT2D eigenvalue weighted by Gasteiger charge is -2.26. The largest absolute Gasteiger partial charge is 0.490 e. The lowest BCUT2D eigenvalue weighted by molar-refractivity contribution is -0.136. The van der Waals surface area contributed by atoms with Crippen LogP contribution in [0.2, 0.25) is 5.02 Å². The number of hydrogen-bond acceptors (Lipinski definition) is 3. The topological polar surface area (TPSA) is 70.3 Å². The van der Waals surface area contributed by atoms with Gasteiger partial charge >= 0.3 is 5.97 Å². The molecule has 1 aliphatic carbocycles. The zero-order chi connectivity index (χ0) is 23.7. The maximum Gasteiger partial charge on any atom is 0.303 e. The van der Waals surface area contributed by atoms with E-state index in [0.29, 0.717) is 22.3 Å². The molecule has 2 aromatic rings. The maximum atomic E-state index is 14.2. The molecule has 32 heavy (non-hydrogen) atoms. The molecule has 0 atom stereocenters. The summed E-state index contributed by atoms with van der Waals surface area (Å²) in [4.78, 5) is 10.5. The second kappa shape index (κ2) is 12.5. The van der Waals surface area contributed by atoms with Crippen LogP contribution in [0.5, 0.6) is 5.75 Å². The highest BCUT2D eigenvalue weighted by Crippen LogP contribution is 2.30. The molecule has 172 valence electrons. The van der Waals surface area contributed by atoms with Gasteiger partial charge in [0.1, 0.15) is 17.6 Å². The maximum absolute atomic E-state index is 14.2. The van der Waals surface area contributed by atoms with Gasteiger partial charge in [-0.2, -0.15) is 5.26 Å². The summed E-state index contributed by atoms with van der Waals surface area (Å²) in [5, 5.41) is 17.9. The second-order valence-electron chi connectivity index (χ2n) is 8.05. The minimum atomic E-state index is -0.888. The summed E-state index contributed by atoms with van der Waals surface area (Å²) in [5.41, 5.74) is 3.73. The average Bonchev–Trinajstić information content (AvgIpc) is 2.71. The highest BCUT2D eigenvalue weighted by atomic mass is 35.5. The molecule has 1 fully saturated rings. The number of aliphatic carboxylic acids is 1. The Hall–Kier alpha value is -2.58. The minimum absolute atomic E-state index is 0.0199. The Morgan fingerprint density at radius 1 is 1.25 bits per heavy atom. The fourth-order valence-corrected chi connectivity index (χ4v) is 3.90. The Morgan fingerprint density at radius 2 is 1.94 bits per heavy atom. The van der Waals surface area contributed by atoms with Crippen molar-refractivity contribution in [3.8, 4) is 11.8 Å². The molecule has 0 aromatic heterocycles. The first-order valence-electron chi connectivity index (χ1n) is 11.2. The molecule has 1 N–H and O–H groups in total. The molecule has 3 rings (SSSR count). The number of rotatable bonds is 8. The van der Waals surface area contributed by atoms with Crippen LogP contribution in [0, 0.1) is 24.1 Å². The first kappa shape index (κ1) is 25.7.